The zero-order valence-electron chi connectivity index (χ0n) is 17.5. The third-order valence-electron chi connectivity index (χ3n) is 5.84. The lowest BCUT2D eigenvalue weighted by Crippen LogP contribution is -2.53. The van der Waals surface area contributed by atoms with Crippen LogP contribution in [0, 0.1) is 5.92 Å². The third-order valence-corrected chi connectivity index (χ3v) is 5.84. The van der Waals surface area contributed by atoms with Gasteiger partial charge in [0.05, 0.1) is 19.8 Å². The lowest BCUT2D eigenvalue weighted by molar-refractivity contribution is 0.00272. The molecule has 6 nitrogen and oxygen atoms in total. The Labute approximate surface area is 168 Å². The summed E-state index contributed by atoms with van der Waals surface area (Å²) < 4.78 is 5.55. The number of aromatic nitrogens is 1. The lowest BCUT2D eigenvalue weighted by atomic mass is 9.92. The molecule has 3 rings (SSSR count). The Kier molecular flexibility index (Phi) is 7.74. The summed E-state index contributed by atoms with van der Waals surface area (Å²) >= 11 is 0. The van der Waals surface area contributed by atoms with E-state index in [9.17, 15) is 0 Å². The fourth-order valence-corrected chi connectivity index (χ4v) is 4.17. The zero-order chi connectivity index (χ0) is 19.8. The van der Waals surface area contributed by atoms with Crippen molar-refractivity contribution in [1.29, 1.82) is 0 Å². The van der Waals surface area contributed by atoms with Crippen LogP contribution in [-0.4, -0.2) is 61.8 Å². The van der Waals surface area contributed by atoms with E-state index in [1.807, 2.05) is 7.05 Å². The van der Waals surface area contributed by atoms with Gasteiger partial charge in [0.1, 0.15) is 0 Å². The van der Waals surface area contributed by atoms with Gasteiger partial charge in [0.15, 0.2) is 5.96 Å². The van der Waals surface area contributed by atoms with Crippen LogP contribution in [0.1, 0.15) is 32.4 Å². The summed E-state index contributed by atoms with van der Waals surface area (Å²) in [5, 5.41) is 8.25. The van der Waals surface area contributed by atoms with Crippen molar-refractivity contribution in [2.45, 2.75) is 39.3 Å². The molecule has 1 unspecified atom stereocenters. The van der Waals surface area contributed by atoms with Gasteiger partial charge in [-0.3, -0.25) is 9.89 Å². The van der Waals surface area contributed by atoms with E-state index >= 15 is 0 Å². The summed E-state index contributed by atoms with van der Waals surface area (Å²) in [6, 6.07) is 11.1. The minimum absolute atomic E-state index is 0.505. The van der Waals surface area contributed by atoms with Crippen molar-refractivity contribution in [2.24, 2.45) is 10.9 Å². The first-order chi connectivity index (χ1) is 13.7. The Morgan fingerprint density at radius 1 is 1.18 bits per heavy atom. The van der Waals surface area contributed by atoms with Crippen molar-refractivity contribution in [1.82, 2.24) is 20.5 Å². The summed E-state index contributed by atoms with van der Waals surface area (Å²) in [4.78, 5) is 10.5. The van der Waals surface area contributed by atoms with E-state index in [0.29, 0.717) is 12.0 Å². The van der Waals surface area contributed by atoms with Crippen LogP contribution in [0.15, 0.2) is 35.3 Å². The predicted molar refractivity (Wildman–Crippen MR) is 117 cm³/mol. The van der Waals surface area contributed by atoms with Crippen LogP contribution < -0.4 is 10.6 Å². The molecule has 1 aromatic carbocycles. The summed E-state index contributed by atoms with van der Waals surface area (Å²) in [6.07, 6.45) is 2.39. The van der Waals surface area contributed by atoms with Gasteiger partial charge in [-0.15, -0.1) is 0 Å². The Balaban J connectivity index is 1.57. The number of hydrogen-bond acceptors (Lipinski definition) is 3. The normalized spacial score (nSPS) is 17.2. The molecule has 6 heteroatoms. The number of nitrogens with one attached hydrogen (secondary N) is 3. The average Bonchev–Trinajstić information content (AvgIpc) is 3.16. The van der Waals surface area contributed by atoms with Crippen LogP contribution in [0.25, 0.3) is 10.9 Å². The van der Waals surface area contributed by atoms with Gasteiger partial charge in [0, 0.05) is 43.9 Å². The van der Waals surface area contributed by atoms with E-state index < -0.39 is 0 Å². The van der Waals surface area contributed by atoms with E-state index in [4.69, 9.17) is 4.74 Å². The Morgan fingerprint density at radius 3 is 2.61 bits per heavy atom. The van der Waals surface area contributed by atoms with Crippen LogP contribution in [0.3, 0.4) is 0 Å². The van der Waals surface area contributed by atoms with Gasteiger partial charge in [-0.05, 0) is 23.4 Å². The number of rotatable bonds is 8. The molecule has 1 saturated heterocycles. The number of fused-ring (bicyclic) bond motifs is 1. The smallest absolute Gasteiger partial charge is 0.191 e. The van der Waals surface area contributed by atoms with Crippen molar-refractivity contribution in [3.8, 4) is 0 Å². The number of hydrogen-bond donors (Lipinski definition) is 3. The zero-order valence-corrected chi connectivity index (χ0v) is 17.5. The summed E-state index contributed by atoms with van der Waals surface area (Å²) in [6.45, 7) is 9.93. The van der Waals surface area contributed by atoms with Crippen molar-refractivity contribution in [2.75, 3.05) is 39.9 Å². The molecule has 1 fully saturated rings. The second-order valence-corrected chi connectivity index (χ2v) is 7.48. The average molecular weight is 386 g/mol. The van der Waals surface area contributed by atoms with Crippen LogP contribution in [-0.2, 0) is 11.3 Å². The highest BCUT2D eigenvalue weighted by atomic mass is 16.5. The van der Waals surface area contributed by atoms with Crippen molar-refractivity contribution >= 4 is 16.9 Å². The molecular weight excluding hydrogens is 350 g/mol. The van der Waals surface area contributed by atoms with Crippen molar-refractivity contribution in [3.63, 3.8) is 0 Å². The molecule has 2 heterocycles. The van der Waals surface area contributed by atoms with E-state index in [-0.39, 0.29) is 0 Å². The van der Waals surface area contributed by atoms with Gasteiger partial charge in [-0.1, -0.05) is 44.9 Å². The molecule has 0 bridgehead atoms. The maximum atomic E-state index is 5.55. The molecule has 2 aromatic rings. The predicted octanol–water partition coefficient (Wildman–Crippen LogP) is 2.97. The molecule has 0 radical (unpaired) electrons. The number of morpholine rings is 1. The Hall–Kier alpha value is -2.05. The fraction of sp³-hybridized carbons (Fsp3) is 0.591. The van der Waals surface area contributed by atoms with Gasteiger partial charge >= 0.3 is 0 Å². The monoisotopic (exact) mass is 385 g/mol. The van der Waals surface area contributed by atoms with Gasteiger partial charge in [0.2, 0.25) is 0 Å². The Bertz CT molecular complexity index is 713. The number of nitrogens with zero attached hydrogens (tertiary/aromatic N) is 2. The number of guanidine groups is 1. The minimum atomic E-state index is 0.505. The van der Waals surface area contributed by atoms with Gasteiger partial charge in [-0.2, -0.15) is 0 Å². The quantitative estimate of drug-likeness (QED) is 0.483. The number of aromatic amines is 1. The highest BCUT2D eigenvalue weighted by molar-refractivity contribution is 5.81. The first kappa shape index (κ1) is 20.7. The number of H-pyrrole nitrogens is 1. The fourth-order valence-electron chi connectivity index (χ4n) is 4.17. The lowest BCUT2D eigenvalue weighted by Gasteiger charge is -2.39. The molecule has 1 atom stereocenters. The molecule has 1 aliphatic heterocycles. The van der Waals surface area contributed by atoms with Gasteiger partial charge < -0.3 is 20.4 Å². The van der Waals surface area contributed by atoms with E-state index in [1.165, 1.54) is 23.7 Å². The topological polar surface area (TPSA) is 64.7 Å². The molecular formula is C22H35N5O. The molecule has 0 aliphatic carbocycles. The molecule has 0 amide bonds. The van der Waals surface area contributed by atoms with Crippen LogP contribution in [0.2, 0.25) is 0 Å². The summed E-state index contributed by atoms with van der Waals surface area (Å²) in [5.74, 6) is 1.53. The molecule has 0 saturated carbocycles. The highest BCUT2D eigenvalue weighted by Gasteiger charge is 2.27. The first-order valence-corrected chi connectivity index (χ1v) is 10.6. The second kappa shape index (κ2) is 10.5. The van der Waals surface area contributed by atoms with E-state index in [0.717, 1.165) is 51.0 Å². The van der Waals surface area contributed by atoms with E-state index in [2.05, 4.69) is 69.7 Å². The first-order valence-electron chi connectivity index (χ1n) is 10.6. The number of benzene rings is 1. The SMILES string of the molecule is CCC(CC)C(CNC(=NC)NCc1cc2ccccc2[nH]1)N1CCOCC1. The van der Waals surface area contributed by atoms with Crippen molar-refractivity contribution < 1.29 is 4.74 Å². The number of aliphatic imine (C=N–C) groups is 1. The maximum absolute atomic E-state index is 5.55. The third kappa shape index (κ3) is 5.26. The molecule has 28 heavy (non-hydrogen) atoms. The standard InChI is InChI=1S/C22H35N5O/c1-4-17(5-2)21(27-10-12-28-13-11-27)16-25-22(23-3)24-15-19-14-18-8-6-7-9-20(18)26-19/h6-9,14,17,21,26H,4-5,10-13,15-16H2,1-3H3,(H2,23,24,25). The highest BCUT2D eigenvalue weighted by Crippen LogP contribution is 2.19. The number of para-hydroxylation sites is 1. The van der Waals surface area contributed by atoms with Crippen LogP contribution >= 0.6 is 0 Å². The number of ether oxygens (including phenoxy) is 1. The summed E-state index contributed by atoms with van der Waals surface area (Å²) in [7, 11) is 1.83. The van der Waals surface area contributed by atoms with Gasteiger partial charge in [0.25, 0.3) is 0 Å². The maximum Gasteiger partial charge on any atom is 0.191 e. The molecule has 3 N–H and O–H groups in total. The van der Waals surface area contributed by atoms with Gasteiger partial charge in [-0.25, -0.2) is 0 Å². The second-order valence-electron chi connectivity index (χ2n) is 7.48. The van der Waals surface area contributed by atoms with Crippen LogP contribution in [0.4, 0.5) is 0 Å². The van der Waals surface area contributed by atoms with E-state index in [1.54, 1.807) is 0 Å². The Morgan fingerprint density at radius 2 is 1.93 bits per heavy atom. The largest absolute Gasteiger partial charge is 0.379 e. The molecule has 0 spiro atoms. The molecule has 154 valence electrons. The molecule has 1 aromatic heterocycles. The molecule has 1 aliphatic rings. The van der Waals surface area contributed by atoms with Crippen molar-refractivity contribution in [3.05, 3.63) is 36.0 Å². The minimum Gasteiger partial charge on any atom is -0.379 e. The summed E-state index contributed by atoms with van der Waals surface area (Å²) in [5.41, 5.74) is 2.33. The van der Waals surface area contributed by atoms with Crippen LogP contribution in [0.5, 0.6) is 0 Å².